The number of halogens is 1. The third-order valence-electron chi connectivity index (χ3n) is 4.99. The van der Waals surface area contributed by atoms with Gasteiger partial charge in [-0.1, -0.05) is 11.6 Å². The fraction of sp³-hybridized carbons (Fsp3) is 0.556. The molecule has 148 valence electrons. The van der Waals surface area contributed by atoms with Crippen molar-refractivity contribution in [1.29, 1.82) is 0 Å². The number of carbonyl (C=O) groups excluding carboxylic acids is 2. The first-order valence-electron chi connectivity index (χ1n) is 9.08. The Kier molecular flexibility index (Phi) is 6.08. The molecule has 0 bridgehead atoms. The van der Waals surface area contributed by atoms with Crippen LogP contribution in [0.4, 0.5) is 5.69 Å². The van der Waals surface area contributed by atoms with Gasteiger partial charge in [-0.2, -0.15) is 0 Å². The van der Waals surface area contributed by atoms with Crippen LogP contribution >= 0.6 is 11.6 Å². The van der Waals surface area contributed by atoms with Crippen LogP contribution in [0.15, 0.2) is 18.2 Å². The molecule has 1 N–H and O–H groups in total. The monoisotopic (exact) mass is 413 g/mol. The van der Waals surface area contributed by atoms with Gasteiger partial charge in [0.05, 0.1) is 17.5 Å². The summed E-state index contributed by atoms with van der Waals surface area (Å²) in [6.45, 7) is 2.00. The number of rotatable bonds is 5. The summed E-state index contributed by atoms with van der Waals surface area (Å²) in [5.74, 6) is -0.0767. The highest BCUT2D eigenvalue weighted by Gasteiger charge is 2.30. The maximum atomic E-state index is 13.1. The average molecular weight is 414 g/mol. The molecule has 9 heteroatoms. The van der Waals surface area contributed by atoms with E-state index in [-0.39, 0.29) is 17.7 Å². The second-order valence-electron chi connectivity index (χ2n) is 7.19. The Morgan fingerprint density at radius 1 is 1.30 bits per heavy atom. The highest BCUT2D eigenvalue weighted by Crippen LogP contribution is 2.30. The van der Waals surface area contributed by atoms with Gasteiger partial charge in [-0.15, -0.1) is 0 Å². The predicted octanol–water partition coefficient (Wildman–Crippen LogP) is 1.87. The lowest BCUT2D eigenvalue weighted by molar-refractivity contribution is -0.117. The lowest BCUT2D eigenvalue weighted by Gasteiger charge is -2.33. The predicted molar refractivity (Wildman–Crippen MR) is 105 cm³/mol. The molecule has 27 heavy (non-hydrogen) atoms. The maximum absolute atomic E-state index is 13.1. The number of sulfonamides is 1. The van der Waals surface area contributed by atoms with Gasteiger partial charge < -0.3 is 9.80 Å². The number of amides is 2. The Morgan fingerprint density at radius 3 is 2.74 bits per heavy atom. The van der Waals surface area contributed by atoms with E-state index in [0.29, 0.717) is 48.9 Å². The molecule has 7 nitrogen and oxygen atoms in total. The first kappa shape index (κ1) is 20.1. The van der Waals surface area contributed by atoms with Crippen LogP contribution < -0.4 is 9.62 Å². The number of anilines is 1. The second kappa shape index (κ2) is 8.16. The quantitative estimate of drug-likeness (QED) is 0.798. The molecule has 0 aromatic heterocycles. The standard InChI is InChI=1S/C18H24ClN3O4S/c1-27(25,26)20-11-13-4-2-8-21(12-13)18(24)15-7-6-14(19)10-16(15)22-9-3-5-17(22)23/h6-7,10,13,20H,2-5,8-9,11-12H2,1H3/t13-/m1/s1. The Balaban J connectivity index is 1.78. The normalized spacial score (nSPS) is 21.0. The van der Waals surface area contributed by atoms with Gasteiger partial charge in [-0.3, -0.25) is 9.59 Å². The first-order valence-corrected chi connectivity index (χ1v) is 11.4. The van der Waals surface area contributed by atoms with Gasteiger partial charge in [0.2, 0.25) is 15.9 Å². The molecule has 1 aromatic carbocycles. The number of nitrogens with one attached hydrogen (secondary N) is 1. The zero-order valence-corrected chi connectivity index (χ0v) is 16.9. The van der Waals surface area contributed by atoms with E-state index in [9.17, 15) is 18.0 Å². The van der Waals surface area contributed by atoms with Gasteiger partial charge in [0.25, 0.3) is 5.91 Å². The molecule has 2 heterocycles. The van der Waals surface area contributed by atoms with Crippen LogP contribution in [0.2, 0.25) is 5.02 Å². The molecular formula is C18H24ClN3O4S. The first-order chi connectivity index (χ1) is 12.7. The van der Waals surface area contributed by atoms with Crippen LogP contribution in [0.5, 0.6) is 0 Å². The summed E-state index contributed by atoms with van der Waals surface area (Å²) in [5, 5.41) is 0.482. The highest BCUT2D eigenvalue weighted by molar-refractivity contribution is 7.88. The smallest absolute Gasteiger partial charge is 0.255 e. The third-order valence-corrected chi connectivity index (χ3v) is 5.92. The van der Waals surface area contributed by atoms with Crippen LogP contribution in [0.25, 0.3) is 0 Å². The summed E-state index contributed by atoms with van der Waals surface area (Å²) >= 11 is 6.11. The fourth-order valence-corrected chi connectivity index (χ4v) is 4.37. The molecule has 2 fully saturated rings. The number of hydrogen-bond donors (Lipinski definition) is 1. The van der Waals surface area contributed by atoms with Gasteiger partial charge >= 0.3 is 0 Å². The highest BCUT2D eigenvalue weighted by atomic mass is 35.5. The van der Waals surface area contributed by atoms with Crippen molar-refractivity contribution >= 4 is 39.1 Å². The molecule has 2 saturated heterocycles. The SMILES string of the molecule is CS(=O)(=O)NC[C@H]1CCCN(C(=O)c2ccc(Cl)cc2N2CCCC2=O)C1. The van der Waals surface area contributed by atoms with E-state index >= 15 is 0 Å². The van der Waals surface area contributed by atoms with E-state index in [0.717, 1.165) is 25.5 Å². The molecule has 0 spiro atoms. The van der Waals surface area contributed by atoms with Gasteiger partial charge in [0.1, 0.15) is 0 Å². The molecule has 2 aliphatic heterocycles. The molecule has 2 amide bonds. The zero-order valence-electron chi connectivity index (χ0n) is 15.3. The van der Waals surface area contributed by atoms with Crippen LogP contribution in [0.1, 0.15) is 36.0 Å². The van der Waals surface area contributed by atoms with Crippen molar-refractivity contribution in [3.05, 3.63) is 28.8 Å². The van der Waals surface area contributed by atoms with E-state index < -0.39 is 10.0 Å². The molecule has 0 saturated carbocycles. The summed E-state index contributed by atoms with van der Waals surface area (Å²) in [7, 11) is -3.25. The maximum Gasteiger partial charge on any atom is 0.255 e. The molecular weight excluding hydrogens is 390 g/mol. The van der Waals surface area contributed by atoms with Gasteiger partial charge in [-0.25, -0.2) is 13.1 Å². The van der Waals surface area contributed by atoms with E-state index in [2.05, 4.69) is 4.72 Å². The van der Waals surface area contributed by atoms with E-state index in [1.807, 2.05) is 0 Å². The molecule has 1 aromatic rings. The molecule has 0 radical (unpaired) electrons. The fourth-order valence-electron chi connectivity index (χ4n) is 3.67. The molecule has 0 unspecified atom stereocenters. The minimum atomic E-state index is -3.25. The summed E-state index contributed by atoms with van der Waals surface area (Å²) in [6, 6.07) is 5.00. The number of nitrogens with zero attached hydrogens (tertiary/aromatic N) is 2. The van der Waals surface area contributed by atoms with Crippen molar-refractivity contribution in [2.24, 2.45) is 5.92 Å². The summed E-state index contributed by atoms with van der Waals surface area (Å²) in [5.41, 5.74) is 1.03. The number of piperidine rings is 1. The van der Waals surface area contributed by atoms with E-state index in [4.69, 9.17) is 11.6 Å². The summed E-state index contributed by atoms with van der Waals surface area (Å²) in [6.07, 6.45) is 4.05. The lowest BCUT2D eigenvalue weighted by Crippen LogP contribution is -2.44. The van der Waals surface area contributed by atoms with Gasteiger partial charge in [-0.05, 0) is 43.4 Å². The van der Waals surface area contributed by atoms with Crippen molar-refractivity contribution in [1.82, 2.24) is 9.62 Å². The van der Waals surface area contributed by atoms with E-state index in [1.54, 1.807) is 28.0 Å². The van der Waals surface area contributed by atoms with Crippen molar-refractivity contribution in [3.63, 3.8) is 0 Å². The minimum absolute atomic E-state index is 0.000176. The largest absolute Gasteiger partial charge is 0.338 e. The van der Waals surface area contributed by atoms with Crippen molar-refractivity contribution in [2.45, 2.75) is 25.7 Å². The van der Waals surface area contributed by atoms with E-state index in [1.165, 1.54) is 0 Å². The Morgan fingerprint density at radius 2 is 2.07 bits per heavy atom. The summed E-state index contributed by atoms with van der Waals surface area (Å²) in [4.78, 5) is 28.7. The van der Waals surface area contributed by atoms with Crippen LogP contribution in [-0.2, 0) is 14.8 Å². The Bertz CT molecular complexity index is 843. The Hall–Kier alpha value is -1.64. The zero-order chi connectivity index (χ0) is 19.6. The van der Waals surface area contributed by atoms with Gasteiger partial charge in [0, 0.05) is 37.6 Å². The van der Waals surface area contributed by atoms with Crippen molar-refractivity contribution in [3.8, 4) is 0 Å². The number of benzene rings is 1. The van der Waals surface area contributed by atoms with Crippen LogP contribution in [0, 0.1) is 5.92 Å². The van der Waals surface area contributed by atoms with Crippen molar-refractivity contribution in [2.75, 3.05) is 37.3 Å². The molecule has 3 rings (SSSR count). The average Bonchev–Trinajstić information content (AvgIpc) is 3.05. The number of likely N-dealkylation sites (tertiary alicyclic amines) is 1. The number of carbonyl (C=O) groups is 2. The Labute approximate surface area is 164 Å². The minimum Gasteiger partial charge on any atom is -0.338 e. The van der Waals surface area contributed by atoms with Crippen molar-refractivity contribution < 1.29 is 18.0 Å². The molecule has 2 aliphatic rings. The number of hydrogen-bond acceptors (Lipinski definition) is 4. The van der Waals surface area contributed by atoms with Gasteiger partial charge in [0.15, 0.2) is 0 Å². The molecule has 1 atom stereocenters. The summed E-state index contributed by atoms with van der Waals surface area (Å²) < 4.78 is 25.2. The second-order valence-corrected chi connectivity index (χ2v) is 9.46. The molecule has 0 aliphatic carbocycles. The van der Waals surface area contributed by atoms with Crippen LogP contribution in [0.3, 0.4) is 0 Å². The topological polar surface area (TPSA) is 86.8 Å². The lowest BCUT2D eigenvalue weighted by atomic mass is 9.97. The van der Waals surface area contributed by atoms with Crippen LogP contribution in [-0.4, -0.2) is 57.6 Å². The third kappa shape index (κ3) is 5.00.